The van der Waals surface area contributed by atoms with Crippen molar-refractivity contribution < 1.29 is 37.3 Å². The van der Waals surface area contributed by atoms with E-state index in [9.17, 15) is 18.0 Å². The van der Waals surface area contributed by atoms with Gasteiger partial charge in [0.15, 0.2) is 16.6 Å². The number of anilines is 1. The van der Waals surface area contributed by atoms with Gasteiger partial charge in [-0.15, -0.1) is 0 Å². The molecule has 41 heavy (non-hydrogen) atoms. The summed E-state index contributed by atoms with van der Waals surface area (Å²) in [5, 5.41) is 14.5. The molecule has 0 spiro atoms. The Morgan fingerprint density at radius 2 is 1.85 bits per heavy atom. The number of ether oxygens (including phenoxy) is 2. The highest BCUT2D eigenvalue weighted by Crippen LogP contribution is 2.50. The second-order valence-electron chi connectivity index (χ2n) is 9.98. The molecule has 2 aliphatic rings. The van der Waals surface area contributed by atoms with Gasteiger partial charge in [0, 0.05) is 22.5 Å². The third-order valence-electron chi connectivity index (χ3n) is 7.63. The number of carbonyl (C=O) groups is 2. The highest BCUT2D eigenvalue weighted by Gasteiger charge is 2.50. The second kappa shape index (κ2) is 12.3. The van der Waals surface area contributed by atoms with E-state index < -0.39 is 12.1 Å². The fraction of sp³-hybridized carbons (Fsp3) is 0.444. The first-order valence-electron chi connectivity index (χ1n) is 12.7. The summed E-state index contributed by atoms with van der Waals surface area (Å²) in [5.74, 6) is -1.25. The molecule has 3 unspecified atom stereocenters. The topological polar surface area (TPSA) is 113 Å². The number of hydrogen-bond acceptors (Lipinski definition) is 7. The number of urea groups is 1. The Balaban J connectivity index is 0.000000493. The number of nitrogens with zero attached hydrogens (tertiary/aromatic N) is 2. The van der Waals surface area contributed by atoms with Gasteiger partial charge in [0.05, 0.1) is 24.4 Å². The number of likely N-dealkylation sites (N-methyl/N-ethyl adjacent to an activating group) is 1. The number of likely N-dealkylation sites (tertiary alicyclic amines) is 1. The van der Waals surface area contributed by atoms with E-state index in [0.29, 0.717) is 16.2 Å². The van der Waals surface area contributed by atoms with Crippen LogP contribution in [0.25, 0.3) is 10.2 Å². The summed E-state index contributed by atoms with van der Waals surface area (Å²) in [4.78, 5) is 28.6. The number of carboxylic acids is 1. The largest absolute Gasteiger partial charge is 0.493 e. The van der Waals surface area contributed by atoms with E-state index in [0.717, 1.165) is 53.9 Å². The number of carboxylic acid groups (broad SMARTS) is 1. The molecule has 2 aromatic carbocycles. The van der Waals surface area contributed by atoms with Crippen LogP contribution in [0.5, 0.6) is 11.5 Å². The van der Waals surface area contributed by atoms with Crippen molar-refractivity contribution in [3.05, 3.63) is 47.0 Å². The van der Waals surface area contributed by atoms with Gasteiger partial charge < -0.3 is 24.8 Å². The number of benzene rings is 2. The van der Waals surface area contributed by atoms with Crippen molar-refractivity contribution in [1.82, 2.24) is 15.2 Å². The molecule has 3 N–H and O–H groups in total. The number of amides is 2. The van der Waals surface area contributed by atoms with Gasteiger partial charge in [-0.05, 0) is 75.2 Å². The first-order chi connectivity index (χ1) is 19.4. The third kappa shape index (κ3) is 6.79. The van der Waals surface area contributed by atoms with Gasteiger partial charge in [0.1, 0.15) is 0 Å². The monoisotopic (exact) mass is 614 g/mol. The predicted molar refractivity (Wildman–Crippen MR) is 150 cm³/mol. The number of hydrogen-bond donors (Lipinski definition) is 3. The maximum atomic E-state index is 12.8. The average Bonchev–Trinajstić information content (AvgIpc) is 3.48. The van der Waals surface area contributed by atoms with Crippen LogP contribution in [-0.2, 0) is 10.2 Å². The van der Waals surface area contributed by atoms with E-state index in [2.05, 4.69) is 39.7 Å². The Hall–Kier alpha value is -3.29. The lowest BCUT2D eigenvalue weighted by molar-refractivity contribution is -0.192. The molecule has 2 amide bonds. The number of carbonyl (C=O) groups excluding carboxylic acids is 1. The SMILES string of the molecule is COc1ccc(C23CCC(NC(=O)Nc4nc5ccc(Cl)cc5s4)CC2N(C)CC3)cc1OC.O=C(O)C(F)(F)F. The molecule has 1 saturated heterocycles. The summed E-state index contributed by atoms with van der Waals surface area (Å²) >= 11 is 7.49. The minimum Gasteiger partial charge on any atom is -0.493 e. The summed E-state index contributed by atoms with van der Waals surface area (Å²) in [6.45, 7) is 1.03. The van der Waals surface area contributed by atoms with E-state index in [1.165, 1.54) is 16.9 Å². The zero-order valence-electron chi connectivity index (χ0n) is 22.5. The highest BCUT2D eigenvalue weighted by molar-refractivity contribution is 7.22. The number of aromatic nitrogens is 1. The number of rotatable bonds is 5. The van der Waals surface area contributed by atoms with Crippen LogP contribution in [0.1, 0.15) is 31.2 Å². The molecule has 2 heterocycles. The minimum absolute atomic E-state index is 0.0509. The summed E-state index contributed by atoms with van der Waals surface area (Å²) in [5.41, 5.74) is 2.17. The Morgan fingerprint density at radius 1 is 1.15 bits per heavy atom. The molecule has 9 nitrogen and oxygen atoms in total. The van der Waals surface area contributed by atoms with E-state index in [-0.39, 0.29) is 17.5 Å². The normalized spacial score (nSPS) is 22.3. The lowest BCUT2D eigenvalue weighted by Crippen LogP contribution is -2.52. The van der Waals surface area contributed by atoms with Crippen molar-refractivity contribution in [2.75, 3.05) is 33.1 Å². The van der Waals surface area contributed by atoms with Gasteiger partial charge in [-0.2, -0.15) is 13.2 Å². The van der Waals surface area contributed by atoms with Crippen molar-refractivity contribution in [1.29, 1.82) is 0 Å². The first kappa shape index (κ1) is 30.7. The molecule has 1 aliphatic heterocycles. The Kier molecular flexibility index (Phi) is 9.19. The van der Waals surface area contributed by atoms with Gasteiger partial charge in [0.2, 0.25) is 0 Å². The molecule has 1 saturated carbocycles. The molecule has 1 aliphatic carbocycles. The van der Waals surface area contributed by atoms with Crippen molar-refractivity contribution in [3.63, 3.8) is 0 Å². The zero-order chi connectivity index (χ0) is 29.9. The molecule has 0 bridgehead atoms. The van der Waals surface area contributed by atoms with Crippen LogP contribution in [0.3, 0.4) is 0 Å². The molecule has 1 aromatic heterocycles. The van der Waals surface area contributed by atoms with Crippen molar-refractivity contribution in [3.8, 4) is 11.5 Å². The van der Waals surface area contributed by atoms with Gasteiger partial charge in [-0.25, -0.2) is 14.6 Å². The zero-order valence-corrected chi connectivity index (χ0v) is 24.1. The number of alkyl halides is 3. The van der Waals surface area contributed by atoms with E-state index in [1.54, 1.807) is 20.3 Å². The third-order valence-corrected chi connectivity index (χ3v) is 8.80. The fourth-order valence-electron chi connectivity index (χ4n) is 5.67. The average molecular weight is 615 g/mol. The standard InChI is InChI=1S/C25H29ClN4O3S.C2HF3O2/c1-30-11-10-25(15-4-7-19(32-2)20(12-15)33-3)9-8-17(14-22(25)30)27-23(31)29-24-28-18-6-5-16(26)13-21(18)34-24;3-2(4,5)1(6)7/h4-7,12-13,17,22H,8-11,14H2,1-3H3,(H2,27,28,29,31);(H,6,7). The van der Waals surface area contributed by atoms with Crippen LogP contribution < -0.4 is 20.1 Å². The quantitative estimate of drug-likeness (QED) is 0.327. The van der Waals surface area contributed by atoms with Gasteiger partial charge in [-0.1, -0.05) is 29.0 Å². The maximum absolute atomic E-state index is 12.8. The Labute approximate surface area is 243 Å². The smallest absolute Gasteiger partial charge is 0.490 e. The molecule has 0 radical (unpaired) electrons. The Morgan fingerprint density at radius 3 is 2.51 bits per heavy atom. The number of nitrogens with one attached hydrogen (secondary N) is 2. The summed E-state index contributed by atoms with van der Waals surface area (Å²) < 4.78 is 43.7. The number of fused-ring (bicyclic) bond motifs is 2. The van der Waals surface area contributed by atoms with E-state index in [1.807, 2.05) is 18.2 Å². The summed E-state index contributed by atoms with van der Waals surface area (Å²) in [7, 11) is 5.52. The molecule has 14 heteroatoms. The highest BCUT2D eigenvalue weighted by atomic mass is 35.5. The summed E-state index contributed by atoms with van der Waals surface area (Å²) in [6.07, 6.45) is -1.17. The van der Waals surface area contributed by atoms with Crippen LogP contribution in [0.4, 0.5) is 23.1 Å². The molecular weight excluding hydrogens is 585 g/mol. The van der Waals surface area contributed by atoms with E-state index in [4.69, 9.17) is 31.0 Å². The summed E-state index contributed by atoms with van der Waals surface area (Å²) in [6, 6.07) is 12.1. The molecule has 5 rings (SSSR count). The number of halogens is 4. The van der Waals surface area contributed by atoms with Crippen LogP contribution in [0.2, 0.25) is 5.02 Å². The van der Waals surface area contributed by atoms with Crippen LogP contribution in [-0.4, -0.2) is 73.1 Å². The van der Waals surface area contributed by atoms with Crippen molar-refractivity contribution in [2.24, 2.45) is 0 Å². The molecule has 3 atom stereocenters. The molecule has 2 fully saturated rings. The first-order valence-corrected chi connectivity index (χ1v) is 13.9. The fourth-order valence-corrected chi connectivity index (χ4v) is 6.80. The van der Waals surface area contributed by atoms with Crippen molar-refractivity contribution in [2.45, 2.75) is 49.4 Å². The van der Waals surface area contributed by atoms with Crippen LogP contribution in [0.15, 0.2) is 36.4 Å². The van der Waals surface area contributed by atoms with Crippen molar-refractivity contribution >= 4 is 50.3 Å². The van der Waals surface area contributed by atoms with Crippen LogP contribution >= 0.6 is 22.9 Å². The minimum atomic E-state index is -5.08. The molecule has 3 aromatic rings. The second-order valence-corrected chi connectivity index (χ2v) is 11.4. The predicted octanol–water partition coefficient (Wildman–Crippen LogP) is 5.92. The van der Waals surface area contributed by atoms with Crippen LogP contribution in [0, 0.1) is 0 Å². The van der Waals surface area contributed by atoms with Gasteiger partial charge in [-0.3, -0.25) is 5.32 Å². The molecule has 222 valence electrons. The van der Waals surface area contributed by atoms with Gasteiger partial charge in [0.25, 0.3) is 0 Å². The Bertz CT molecular complexity index is 1420. The lowest BCUT2D eigenvalue weighted by atomic mass is 9.65. The molecular formula is C27H30ClF3N4O5S. The number of thiazole rings is 1. The number of aliphatic carboxylic acids is 1. The van der Waals surface area contributed by atoms with Gasteiger partial charge >= 0.3 is 18.2 Å². The number of methoxy groups -OCH3 is 2. The lowest BCUT2D eigenvalue weighted by Gasteiger charge is -2.45. The maximum Gasteiger partial charge on any atom is 0.490 e. The van der Waals surface area contributed by atoms with E-state index >= 15 is 0 Å².